The first-order chi connectivity index (χ1) is 15.0. The number of carbonyl (C=O) groups excluding carboxylic acids is 2. The van der Waals surface area contributed by atoms with E-state index in [4.69, 9.17) is 19.7 Å². The van der Waals surface area contributed by atoms with Gasteiger partial charge in [-0.25, -0.2) is 4.79 Å². The van der Waals surface area contributed by atoms with Crippen molar-refractivity contribution in [2.45, 2.75) is 43.9 Å². The lowest BCUT2D eigenvalue weighted by Gasteiger charge is -2.31. The zero-order valence-corrected chi connectivity index (χ0v) is 16.9. The third-order valence-electron chi connectivity index (χ3n) is 5.01. The van der Waals surface area contributed by atoms with Gasteiger partial charge in [0.15, 0.2) is 6.10 Å². The van der Waals surface area contributed by atoms with E-state index in [0.717, 1.165) is 25.9 Å². The standard InChI is InChI=1S/C18H22N2O5.C2HF3O2/c21-16-6-5-15(18(24)19-16)25-14-3-1-12(2-4-14)13-7-9-20(10-8-13)11-17(22)23;3-2(4,5)1(6)7/h1-4,13,15H,5-11H2,(H,22,23)(H,19,21,24);(H,6,7)/t15-;/m0./s1. The van der Waals surface area contributed by atoms with E-state index in [1.807, 2.05) is 29.2 Å². The fourth-order valence-electron chi connectivity index (χ4n) is 3.38. The smallest absolute Gasteiger partial charge is 0.481 e. The van der Waals surface area contributed by atoms with Crippen LogP contribution < -0.4 is 10.1 Å². The van der Waals surface area contributed by atoms with E-state index in [0.29, 0.717) is 24.5 Å². The van der Waals surface area contributed by atoms with Crippen LogP contribution in [0.3, 0.4) is 0 Å². The van der Waals surface area contributed by atoms with Gasteiger partial charge in [0, 0.05) is 12.8 Å². The summed E-state index contributed by atoms with van der Waals surface area (Å²) in [6, 6.07) is 7.70. The molecule has 9 nitrogen and oxygen atoms in total. The van der Waals surface area contributed by atoms with Gasteiger partial charge in [0.25, 0.3) is 5.91 Å². The molecule has 2 saturated heterocycles. The summed E-state index contributed by atoms with van der Waals surface area (Å²) in [5.41, 5.74) is 1.20. The number of likely N-dealkylation sites (tertiary alicyclic amines) is 1. The van der Waals surface area contributed by atoms with Crippen LogP contribution in [0.5, 0.6) is 5.75 Å². The number of hydrogen-bond acceptors (Lipinski definition) is 6. The van der Waals surface area contributed by atoms with Crippen LogP contribution in [0, 0.1) is 0 Å². The highest BCUT2D eigenvalue weighted by atomic mass is 19.4. The SMILES string of the molecule is O=C(O)C(F)(F)F.O=C(O)CN1CCC(c2ccc(O[C@H]3CCC(=O)NC3=O)cc2)CC1. The second kappa shape index (κ2) is 10.9. The fourth-order valence-corrected chi connectivity index (χ4v) is 3.38. The average molecular weight is 460 g/mol. The van der Waals surface area contributed by atoms with Gasteiger partial charge >= 0.3 is 18.1 Å². The normalized spacial score (nSPS) is 20.0. The number of alkyl halides is 3. The molecule has 2 aliphatic heterocycles. The Kier molecular flexibility index (Phi) is 8.58. The Morgan fingerprint density at radius 2 is 1.62 bits per heavy atom. The highest BCUT2D eigenvalue weighted by Crippen LogP contribution is 2.29. The quantitative estimate of drug-likeness (QED) is 0.567. The number of carboxylic acid groups (broad SMARTS) is 2. The van der Waals surface area contributed by atoms with Gasteiger partial charge in [0.2, 0.25) is 5.91 Å². The van der Waals surface area contributed by atoms with Crippen LogP contribution >= 0.6 is 0 Å². The molecule has 32 heavy (non-hydrogen) atoms. The lowest BCUT2D eigenvalue weighted by atomic mass is 9.89. The highest BCUT2D eigenvalue weighted by molar-refractivity contribution is 5.99. The Balaban J connectivity index is 0.000000451. The lowest BCUT2D eigenvalue weighted by Crippen LogP contribution is -2.46. The highest BCUT2D eigenvalue weighted by Gasteiger charge is 2.38. The minimum Gasteiger partial charge on any atom is -0.481 e. The number of nitrogens with one attached hydrogen (secondary N) is 1. The number of nitrogens with zero attached hydrogens (tertiary/aromatic N) is 1. The molecule has 12 heteroatoms. The molecule has 0 spiro atoms. The van der Waals surface area contributed by atoms with Gasteiger partial charge in [-0.1, -0.05) is 12.1 Å². The van der Waals surface area contributed by atoms with Crippen LogP contribution in [0.25, 0.3) is 0 Å². The zero-order chi connectivity index (χ0) is 23.9. The maximum absolute atomic E-state index is 11.7. The Labute approximate surface area is 181 Å². The summed E-state index contributed by atoms with van der Waals surface area (Å²) in [5, 5.41) is 18.3. The summed E-state index contributed by atoms with van der Waals surface area (Å²) in [7, 11) is 0. The van der Waals surface area contributed by atoms with E-state index in [-0.39, 0.29) is 18.4 Å². The van der Waals surface area contributed by atoms with Gasteiger partial charge in [0.05, 0.1) is 6.54 Å². The Hall–Kier alpha value is -3.15. The van der Waals surface area contributed by atoms with Crippen molar-refractivity contribution in [1.82, 2.24) is 10.2 Å². The van der Waals surface area contributed by atoms with Gasteiger partial charge in [-0.15, -0.1) is 0 Å². The number of hydrogen-bond donors (Lipinski definition) is 3. The van der Waals surface area contributed by atoms with Gasteiger partial charge in [-0.3, -0.25) is 24.6 Å². The fraction of sp³-hybridized carbons (Fsp3) is 0.500. The largest absolute Gasteiger partial charge is 0.490 e. The Morgan fingerprint density at radius 1 is 1.06 bits per heavy atom. The lowest BCUT2D eigenvalue weighted by molar-refractivity contribution is -0.192. The molecule has 0 saturated carbocycles. The Morgan fingerprint density at radius 3 is 2.09 bits per heavy atom. The van der Waals surface area contributed by atoms with Crippen molar-refractivity contribution >= 4 is 23.8 Å². The summed E-state index contributed by atoms with van der Waals surface area (Å²) < 4.78 is 37.4. The van der Waals surface area contributed by atoms with Crippen molar-refractivity contribution in [2.75, 3.05) is 19.6 Å². The predicted octanol–water partition coefficient (Wildman–Crippen LogP) is 1.77. The van der Waals surface area contributed by atoms with Crippen molar-refractivity contribution in [2.24, 2.45) is 0 Å². The molecule has 3 N–H and O–H groups in total. The van der Waals surface area contributed by atoms with Crippen LogP contribution in [0.4, 0.5) is 13.2 Å². The molecule has 2 aliphatic rings. The van der Waals surface area contributed by atoms with Gasteiger partial charge < -0.3 is 14.9 Å². The molecule has 2 heterocycles. The summed E-state index contributed by atoms with van der Waals surface area (Å²) in [4.78, 5) is 44.5. The molecule has 2 fully saturated rings. The summed E-state index contributed by atoms with van der Waals surface area (Å²) in [6.45, 7) is 1.67. The number of piperidine rings is 2. The maximum atomic E-state index is 11.7. The molecule has 0 aromatic heterocycles. The molecule has 2 amide bonds. The second-order valence-corrected chi connectivity index (χ2v) is 7.37. The predicted molar refractivity (Wildman–Crippen MR) is 103 cm³/mol. The molecule has 176 valence electrons. The summed E-state index contributed by atoms with van der Waals surface area (Å²) >= 11 is 0. The molecule has 0 aliphatic carbocycles. The van der Waals surface area contributed by atoms with Crippen molar-refractivity contribution in [3.63, 3.8) is 0 Å². The summed E-state index contributed by atoms with van der Waals surface area (Å²) in [6.07, 6.45) is -3.15. The number of aliphatic carboxylic acids is 2. The van der Waals surface area contributed by atoms with E-state index in [2.05, 4.69) is 5.32 Å². The van der Waals surface area contributed by atoms with E-state index >= 15 is 0 Å². The molecule has 1 aromatic rings. The third kappa shape index (κ3) is 7.84. The molecule has 1 atom stereocenters. The number of rotatable bonds is 5. The maximum Gasteiger partial charge on any atom is 0.490 e. The molecular weight excluding hydrogens is 437 g/mol. The first-order valence-electron chi connectivity index (χ1n) is 9.80. The van der Waals surface area contributed by atoms with Gasteiger partial charge in [-0.2, -0.15) is 13.2 Å². The van der Waals surface area contributed by atoms with Crippen LogP contribution in [-0.4, -0.2) is 70.8 Å². The van der Waals surface area contributed by atoms with E-state index in [1.54, 1.807) is 0 Å². The van der Waals surface area contributed by atoms with Crippen LogP contribution in [0.2, 0.25) is 0 Å². The van der Waals surface area contributed by atoms with Crippen LogP contribution in [0.15, 0.2) is 24.3 Å². The number of carboxylic acids is 2. The molecular formula is C20H23F3N2O7. The van der Waals surface area contributed by atoms with Gasteiger partial charge in [-0.05, 0) is 49.5 Å². The monoisotopic (exact) mass is 460 g/mol. The number of halogens is 3. The minimum absolute atomic E-state index is 0.103. The van der Waals surface area contributed by atoms with E-state index in [9.17, 15) is 27.6 Å². The molecule has 1 aromatic carbocycles. The number of ether oxygens (including phenoxy) is 1. The Bertz CT molecular complexity index is 835. The number of amides is 2. The van der Waals surface area contributed by atoms with Crippen LogP contribution in [0.1, 0.15) is 37.2 Å². The molecule has 3 rings (SSSR count). The van der Waals surface area contributed by atoms with Crippen molar-refractivity contribution in [3.05, 3.63) is 29.8 Å². The average Bonchev–Trinajstić information content (AvgIpc) is 2.71. The van der Waals surface area contributed by atoms with Crippen molar-refractivity contribution < 1.29 is 47.3 Å². The molecule has 0 radical (unpaired) electrons. The van der Waals surface area contributed by atoms with Crippen molar-refractivity contribution in [1.29, 1.82) is 0 Å². The minimum atomic E-state index is -5.08. The van der Waals surface area contributed by atoms with Crippen molar-refractivity contribution in [3.8, 4) is 5.75 Å². The second-order valence-electron chi connectivity index (χ2n) is 7.37. The van der Waals surface area contributed by atoms with Gasteiger partial charge in [0.1, 0.15) is 5.75 Å². The topological polar surface area (TPSA) is 133 Å². The molecule has 0 unspecified atom stereocenters. The van der Waals surface area contributed by atoms with E-state index < -0.39 is 24.2 Å². The number of imide groups is 1. The number of carbonyl (C=O) groups is 4. The third-order valence-corrected chi connectivity index (χ3v) is 5.01. The van der Waals surface area contributed by atoms with Crippen LogP contribution in [-0.2, 0) is 19.2 Å². The first kappa shape index (κ1) is 25.1. The summed E-state index contributed by atoms with van der Waals surface area (Å²) in [5.74, 6) is -3.15. The molecule has 0 bridgehead atoms. The zero-order valence-electron chi connectivity index (χ0n) is 16.9. The first-order valence-corrected chi connectivity index (χ1v) is 9.80. The van der Waals surface area contributed by atoms with E-state index in [1.165, 1.54) is 5.56 Å². The number of benzene rings is 1.